The summed E-state index contributed by atoms with van der Waals surface area (Å²) in [5.74, 6) is 0.261. The van der Waals surface area contributed by atoms with Gasteiger partial charge in [0.15, 0.2) is 6.61 Å². The summed E-state index contributed by atoms with van der Waals surface area (Å²) in [5, 5.41) is 4.12. The van der Waals surface area contributed by atoms with Gasteiger partial charge in [0.1, 0.15) is 11.8 Å². The average molecular weight is 513 g/mol. The van der Waals surface area contributed by atoms with E-state index in [1.54, 1.807) is 41.3 Å². The summed E-state index contributed by atoms with van der Waals surface area (Å²) in [7, 11) is 0. The molecule has 0 fully saturated rings. The molecule has 184 valence electrons. The highest BCUT2D eigenvalue weighted by Crippen LogP contribution is 2.19. The van der Waals surface area contributed by atoms with E-state index in [1.807, 2.05) is 56.3 Å². The van der Waals surface area contributed by atoms with E-state index >= 15 is 0 Å². The molecule has 3 aromatic carbocycles. The van der Waals surface area contributed by atoms with Crippen molar-refractivity contribution >= 4 is 35.0 Å². The first-order valence-corrected chi connectivity index (χ1v) is 12.3. The van der Waals surface area contributed by atoms with Crippen LogP contribution in [0.3, 0.4) is 0 Å². The van der Waals surface area contributed by atoms with Crippen LogP contribution in [-0.2, 0) is 22.6 Å². The van der Waals surface area contributed by atoms with Gasteiger partial charge in [-0.05, 0) is 47.4 Å². The zero-order valence-corrected chi connectivity index (χ0v) is 21.4. The number of ether oxygens (including phenoxy) is 1. The second kappa shape index (κ2) is 13.2. The smallest absolute Gasteiger partial charge is 0.261 e. The summed E-state index contributed by atoms with van der Waals surface area (Å²) >= 11 is 12.1. The Kier molecular flexibility index (Phi) is 10.0. The van der Waals surface area contributed by atoms with Crippen LogP contribution in [0, 0.1) is 5.92 Å². The van der Waals surface area contributed by atoms with Crippen LogP contribution in [0.25, 0.3) is 0 Å². The molecule has 0 aliphatic carbocycles. The molecular weight excluding hydrogens is 483 g/mol. The maximum Gasteiger partial charge on any atom is 0.261 e. The van der Waals surface area contributed by atoms with E-state index in [1.165, 1.54) is 0 Å². The molecule has 0 saturated carbocycles. The fourth-order valence-electron chi connectivity index (χ4n) is 3.55. The molecule has 7 heteroatoms. The van der Waals surface area contributed by atoms with Crippen LogP contribution in [0.2, 0.25) is 10.0 Å². The Morgan fingerprint density at radius 3 is 2.26 bits per heavy atom. The van der Waals surface area contributed by atoms with Gasteiger partial charge in [0.2, 0.25) is 5.91 Å². The normalized spacial score (nSPS) is 11.7. The van der Waals surface area contributed by atoms with Crippen molar-refractivity contribution in [3.63, 3.8) is 0 Å². The number of hydrogen-bond donors (Lipinski definition) is 1. The first kappa shape index (κ1) is 26.6. The Balaban J connectivity index is 1.89. The Morgan fingerprint density at radius 1 is 0.886 bits per heavy atom. The maximum absolute atomic E-state index is 13.5. The Hall–Kier alpha value is -3.02. The number of benzene rings is 3. The predicted octanol–water partition coefficient (Wildman–Crippen LogP) is 5.78. The Morgan fingerprint density at radius 2 is 1.60 bits per heavy atom. The van der Waals surface area contributed by atoms with E-state index in [4.69, 9.17) is 27.9 Å². The van der Waals surface area contributed by atoms with Crippen molar-refractivity contribution in [3.05, 3.63) is 100 Å². The van der Waals surface area contributed by atoms with E-state index in [-0.39, 0.29) is 30.9 Å². The van der Waals surface area contributed by atoms with Crippen LogP contribution in [-0.4, -0.2) is 35.9 Å². The first-order chi connectivity index (χ1) is 16.8. The number of nitrogens with zero attached hydrogens (tertiary/aromatic N) is 1. The van der Waals surface area contributed by atoms with Gasteiger partial charge in [-0.25, -0.2) is 0 Å². The van der Waals surface area contributed by atoms with Crippen LogP contribution in [0.5, 0.6) is 5.75 Å². The number of carbonyl (C=O) groups is 2. The van der Waals surface area contributed by atoms with Crippen molar-refractivity contribution in [1.82, 2.24) is 10.2 Å². The molecule has 0 aliphatic rings. The van der Waals surface area contributed by atoms with Gasteiger partial charge in [0.25, 0.3) is 5.91 Å². The molecule has 5 nitrogen and oxygen atoms in total. The highest BCUT2D eigenvalue weighted by Gasteiger charge is 2.30. The lowest BCUT2D eigenvalue weighted by atomic mass is 10.0. The number of carbonyl (C=O) groups excluding carboxylic acids is 2. The standard InChI is InChI=1S/C28H30Cl2N2O3/c1-20(2)17-31-28(34)26(15-21-7-4-3-5-8-21)32(18-22-11-13-23(29)14-12-22)27(33)19-35-25-10-6-9-24(30)16-25/h3-14,16,20,26H,15,17-19H2,1-2H3,(H,31,34)/t26-/m0/s1. The lowest BCUT2D eigenvalue weighted by Gasteiger charge is -2.31. The van der Waals surface area contributed by atoms with Gasteiger partial charge in [0.05, 0.1) is 0 Å². The largest absolute Gasteiger partial charge is 0.484 e. The third-order valence-corrected chi connectivity index (χ3v) is 5.87. The summed E-state index contributed by atoms with van der Waals surface area (Å²) in [4.78, 5) is 28.5. The fraction of sp³-hybridized carbons (Fsp3) is 0.286. The third kappa shape index (κ3) is 8.61. The molecule has 3 aromatic rings. The minimum absolute atomic E-state index is 0.201. The van der Waals surface area contributed by atoms with Crippen LogP contribution < -0.4 is 10.1 Å². The quantitative estimate of drug-likeness (QED) is 0.354. The lowest BCUT2D eigenvalue weighted by molar-refractivity contribution is -0.142. The average Bonchev–Trinajstić information content (AvgIpc) is 2.85. The summed E-state index contributed by atoms with van der Waals surface area (Å²) in [6.45, 7) is 4.59. The number of halogens is 2. The van der Waals surface area contributed by atoms with Gasteiger partial charge in [-0.1, -0.05) is 85.6 Å². The fourth-order valence-corrected chi connectivity index (χ4v) is 3.85. The predicted molar refractivity (Wildman–Crippen MR) is 141 cm³/mol. The molecule has 3 rings (SSSR count). The van der Waals surface area contributed by atoms with Crippen molar-refractivity contribution in [1.29, 1.82) is 0 Å². The molecular formula is C28H30Cl2N2O3. The highest BCUT2D eigenvalue weighted by molar-refractivity contribution is 6.30. The lowest BCUT2D eigenvalue weighted by Crippen LogP contribution is -2.52. The van der Waals surface area contributed by atoms with E-state index in [2.05, 4.69) is 5.32 Å². The summed E-state index contributed by atoms with van der Waals surface area (Å²) in [6.07, 6.45) is 0.376. The highest BCUT2D eigenvalue weighted by atomic mass is 35.5. The second-order valence-electron chi connectivity index (χ2n) is 8.74. The maximum atomic E-state index is 13.5. The molecule has 0 radical (unpaired) electrons. The topological polar surface area (TPSA) is 58.6 Å². The molecule has 0 unspecified atom stereocenters. The first-order valence-electron chi connectivity index (χ1n) is 11.6. The zero-order chi connectivity index (χ0) is 25.2. The number of rotatable bonds is 11. The zero-order valence-electron chi connectivity index (χ0n) is 19.9. The van der Waals surface area contributed by atoms with Gasteiger partial charge in [-0.15, -0.1) is 0 Å². The van der Waals surface area contributed by atoms with Gasteiger partial charge < -0.3 is 15.0 Å². The molecule has 0 aromatic heterocycles. The molecule has 0 aliphatic heterocycles. The van der Waals surface area contributed by atoms with Crippen LogP contribution in [0.1, 0.15) is 25.0 Å². The van der Waals surface area contributed by atoms with E-state index in [0.717, 1.165) is 11.1 Å². The van der Waals surface area contributed by atoms with E-state index in [0.29, 0.717) is 28.8 Å². The third-order valence-electron chi connectivity index (χ3n) is 5.38. The Bertz CT molecular complexity index is 1100. The van der Waals surface area contributed by atoms with E-state index in [9.17, 15) is 9.59 Å². The van der Waals surface area contributed by atoms with Gasteiger partial charge in [-0.2, -0.15) is 0 Å². The molecule has 0 heterocycles. The minimum atomic E-state index is -0.720. The molecule has 0 spiro atoms. The van der Waals surface area contributed by atoms with E-state index < -0.39 is 6.04 Å². The van der Waals surface area contributed by atoms with Crippen molar-refractivity contribution in [3.8, 4) is 5.75 Å². The van der Waals surface area contributed by atoms with Crippen molar-refractivity contribution in [2.45, 2.75) is 32.9 Å². The minimum Gasteiger partial charge on any atom is -0.484 e. The number of nitrogens with one attached hydrogen (secondary N) is 1. The number of amides is 2. The van der Waals surface area contributed by atoms with Gasteiger partial charge >= 0.3 is 0 Å². The Labute approximate surface area is 217 Å². The molecule has 2 amide bonds. The SMILES string of the molecule is CC(C)CNC(=O)[C@H](Cc1ccccc1)N(Cc1ccc(Cl)cc1)C(=O)COc1cccc(Cl)c1. The van der Waals surface area contributed by atoms with Crippen molar-refractivity contribution in [2.24, 2.45) is 5.92 Å². The summed E-state index contributed by atoms with van der Waals surface area (Å²) in [5.41, 5.74) is 1.82. The van der Waals surface area contributed by atoms with Crippen LogP contribution >= 0.6 is 23.2 Å². The molecule has 1 atom stereocenters. The molecule has 0 saturated heterocycles. The molecule has 0 bridgehead atoms. The van der Waals surface area contributed by atoms with Crippen molar-refractivity contribution < 1.29 is 14.3 Å². The van der Waals surface area contributed by atoms with Gasteiger partial charge in [-0.3, -0.25) is 9.59 Å². The summed E-state index contributed by atoms with van der Waals surface area (Å²) in [6, 6.07) is 23.1. The molecule has 35 heavy (non-hydrogen) atoms. The molecule has 1 N–H and O–H groups in total. The van der Waals surface area contributed by atoms with Gasteiger partial charge in [0, 0.05) is 29.6 Å². The van der Waals surface area contributed by atoms with Crippen molar-refractivity contribution in [2.75, 3.05) is 13.2 Å². The summed E-state index contributed by atoms with van der Waals surface area (Å²) < 4.78 is 5.74. The monoisotopic (exact) mass is 512 g/mol. The second-order valence-corrected chi connectivity index (χ2v) is 9.61. The van der Waals surface area contributed by atoms with Crippen LogP contribution in [0.15, 0.2) is 78.9 Å². The van der Waals surface area contributed by atoms with Crippen LogP contribution in [0.4, 0.5) is 0 Å². The number of hydrogen-bond acceptors (Lipinski definition) is 3.